The zero-order valence-electron chi connectivity index (χ0n) is 14.6. The normalized spacial score (nSPS) is 10.5. The summed E-state index contributed by atoms with van der Waals surface area (Å²) in [6, 6.07) is 3.51. The number of aromatic nitrogens is 3. The molecule has 2 rings (SSSR count). The topological polar surface area (TPSA) is 89.8 Å². The van der Waals surface area contributed by atoms with Crippen molar-refractivity contribution >= 4 is 5.78 Å². The molecule has 130 valence electrons. The van der Waals surface area contributed by atoms with Crippen molar-refractivity contribution in [1.82, 2.24) is 13.7 Å². The van der Waals surface area contributed by atoms with Gasteiger partial charge in [0, 0.05) is 36.2 Å². The molecule has 0 amide bonds. The number of rotatable bonds is 6. The van der Waals surface area contributed by atoms with Crippen LogP contribution in [-0.4, -0.2) is 19.5 Å². The van der Waals surface area contributed by atoms with E-state index in [1.54, 1.807) is 25.1 Å². The lowest BCUT2D eigenvalue weighted by atomic mass is 10.1. The van der Waals surface area contributed by atoms with Crippen LogP contribution in [0.15, 0.2) is 34.5 Å². The molecule has 2 heterocycles. The van der Waals surface area contributed by atoms with Gasteiger partial charge in [0.25, 0.3) is 5.56 Å². The molecule has 0 unspecified atom stereocenters. The minimum Gasteiger partial charge on any atom is -0.345 e. The SMILES string of the molecule is C=CCn1c(C)cc(C(=O)Cn2c(=O)c(C#N)cn(CC)c2=O)c1C. The van der Waals surface area contributed by atoms with Gasteiger partial charge in [-0.15, -0.1) is 6.58 Å². The zero-order chi connectivity index (χ0) is 18.7. The van der Waals surface area contributed by atoms with Gasteiger partial charge < -0.3 is 4.57 Å². The molecule has 0 saturated carbocycles. The number of allylic oxidation sites excluding steroid dienone is 1. The van der Waals surface area contributed by atoms with Crippen LogP contribution in [0.3, 0.4) is 0 Å². The molecular formula is C18H20N4O3. The molecule has 0 aliphatic heterocycles. The predicted molar refractivity (Wildman–Crippen MR) is 93.8 cm³/mol. The van der Waals surface area contributed by atoms with Crippen LogP contribution in [0.2, 0.25) is 0 Å². The Kier molecular flexibility index (Phi) is 5.22. The highest BCUT2D eigenvalue weighted by Gasteiger charge is 2.19. The monoisotopic (exact) mass is 340 g/mol. The summed E-state index contributed by atoms with van der Waals surface area (Å²) >= 11 is 0. The number of nitriles is 1. The number of ketones is 1. The van der Waals surface area contributed by atoms with E-state index in [9.17, 15) is 14.4 Å². The van der Waals surface area contributed by atoms with Crippen molar-refractivity contribution < 1.29 is 4.79 Å². The highest BCUT2D eigenvalue weighted by molar-refractivity contribution is 5.97. The van der Waals surface area contributed by atoms with Gasteiger partial charge >= 0.3 is 5.69 Å². The van der Waals surface area contributed by atoms with Crippen molar-refractivity contribution in [1.29, 1.82) is 5.26 Å². The summed E-state index contributed by atoms with van der Waals surface area (Å²) in [4.78, 5) is 37.3. The van der Waals surface area contributed by atoms with E-state index >= 15 is 0 Å². The number of Topliss-reactive ketones (excluding diaryl/α,β-unsaturated/α-hetero) is 1. The van der Waals surface area contributed by atoms with Crippen LogP contribution in [0.4, 0.5) is 0 Å². The summed E-state index contributed by atoms with van der Waals surface area (Å²) in [7, 11) is 0. The molecule has 2 aromatic rings. The zero-order valence-corrected chi connectivity index (χ0v) is 14.6. The summed E-state index contributed by atoms with van der Waals surface area (Å²) in [5, 5.41) is 9.07. The number of aryl methyl sites for hydroxylation is 2. The first-order chi connectivity index (χ1) is 11.8. The Morgan fingerprint density at radius 1 is 1.32 bits per heavy atom. The Hall–Kier alpha value is -3.14. The second-order valence-corrected chi connectivity index (χ2v) is 5.72. The second-order valence-electron chi connectivity index (χ2n) is 5.72. The van der Waals surface area contributed by atoms with Gasteiger partial charge in [-0.2, -0.15) is 5.26 Å². The summed E-state index contributed by atoms with van der Waals surface area (Å²) < 4.78 is 4.00. The van der Waals surface area contributed by atoms with Crippen molar-refractivity contribution in [2.24, 2.45) is 0 Å². The molecule has 7 heteroatoms. The van der Waals surface area contributed by atoms with E-state index in [2.05, 4.69) is 6.58 Å². The molecule has 0 N–H and O–H groups in total. The summed E-state index contributed by atoms with van der Waals surface area (Å²) in [5.74, 6) is -0.347. The first kappa shape index (κ1) is 18.2. The lowest BCUT2D eigenvalue weighted by molar-refractivity contribution is 0.0967. The number of carbonyl (C=O) groups is 1. The molecule has 0 radical (unpaired) electrons. The van der Waals surface area contributed by atoms with Crippen molar-refractivity contribution in [2.75, 3.05) is 0 Å². The Morgan fingerprint density at radius 3 is 2.56 bits per heavy atom. The number of hydrogen-bond donors (Lipinski definition) is 0. The fourth-order valence-corrected chi connectivity index (χ4v) is 2.82. The van der Waals surface area contributed by atoms with Gasteiger partial charge in [-0.25, -0.2) is 4.79 Å². The minimum absolute atomic E-state index is 0.161. The van der Waals surface area contributed by atoms with E-state index in [-0.39, 0.29) is 11.3 Å². The molecule has 0 aromatic carbocycles. The fourth-order valence-electron chi connectivity index (χ4n) is 2.82. The maximum Gasteiger partial charge on any atom is 0.331 e. The third-order valence-corrected chi connectivity index (χ3v) is 4.19. The van der Waals surface area contributed by atoms with Crippen molar-refractivity contribution in [2.45, 2.75) is 40.4 Å². The highest BCUT2D eigenvalue weighted by atomic mass is 16.2. The first-order valence-electron chi connectivity index (χ1n) is 7.90. The molecule has 2 aromatic heterocycles. The van der Waals surface area contributed by atoms with Gasteiger partial charge in [0.05, 0.1) is 6.54 Å². The lowest BCUT2D eigenvalue weighted by Crippen LogP contribution is -2.42. The van der Waals surface area contributed by atoms with Crippen LogP contribution in [0.25, 0.3) is 0 Å². The van der Waals surface area contributed by atoms with E-state index in [1.807, 2.05) is 18.4 Å². The third kappa shape index (κ3) is 3.24. The Morgan fingerprint density at radius 2 is 2.00 bits per heavy atom. The Balaban J connectivity index is 2.51. The standard InChI is InChI=1S/C18H20N4O3/c1-5-7-21-12(3)8-15(13(21)4)16(23)11-22-17(24)14(9-19)10-20(6-2)18(22)25/h5,8,10H,1,6-7,11H2,2-4H3. The summed E-state index contributed by atoms with van der Waals surface area (Å²) in [5.41, 5.74) is 0.597. The molecule has 0 spiro atoms. The second kappa shape index (κ2) is 7.18. The lowest BCUT2D eigenvalue weighted by Gasteiger charge is -2.09. The van der Waals surface area contributed by atoms with Gasteiger partial charge in [0.2, 0.25) is 0 Å². The van der Waals surface area contributed by atoms with E-state index in [0.717, 1.165) is 16.0 Å². The van der Waals surface area contributed by atoms with Gasteiger partial charge in [-0.3, -0.25) is 18.7 Å². The Labute approximate surface area is 145 Å². The highest BCUT2D eigenvalue weighted by Crippen LogP contribution is 2.16. The van der Waals surface area contributed by atoms with Crippen LogP contribution in [0.5, 0.6) is 0 Å². The number of hydrogen-bond acceptors (Lipinski definition) is 4. The molecule has 0 bridgehead atoms. The molecule has 0 atom stereocenters. The van der Waals surface area contributed by atoms with E-state index < -0.39 is 17.8 Å². The minimum atomic E-state index is -0.745. The molecule has 0 aliphatic rings. The fraction of sp³-hybridized carbons (Fsp3) is 0.333. The number of nitrogens with zero attached hydrogens (tertiary/aromatic N) is 4. The third-order valence-electron chi connectivity index (χ3n) is 4.19. The van der Waals surface area contributed by atoms with Crippen LogP contribution in [0, 0.1) is 25.2 Å². The molecule has 25 heavy (non-hydrogen) atoms. The molecule has 0 aliphatic carbocycles. The molecule has 0 fully saturated rings. The number of carbonyl (C=O) groups excluding carboxylic acids is 1. The van der Waals surface area contributed by atoms with Crippen molar-refractivity contribution in [3.05, 3.63) is 68.3 Å². The predicted octanol–water partition coefficient (Wildman–Crippen LogP) is 1.39. The van der Waals surface area contributed by atoms with Crippen molar-refractivity contribution in [3.8, 4) is 6.07 Å². The average molecular weight is 340 g/mol. The van der Waals surface area contributed by atoms with Gasteiger partial charge in [-0.1, -0.05) is 6.08 Å². The first-order valence-corrected chi connectivity index (χ1v) is 7.90. The maximum absolute atomic E-state index is 12.7. The molecular weight excluding hydrogens is 320 g/mol. The molecule has 0 saturated heterocycles. The Bertz CT molecular complexity index is 999. The largest absolute Gasteiger partial charge is 0.345 e. The van der Waals surface area contributed by atoms with Gasteiger partial charge in [0.15, 0.2) is 5.78 Å². The summed E-state index contributed by atoms with van der Waals surface area (Å²) in [6.45, 7) is 9.57. The van der Waals surface area contributed by atoms with Crippen molar-refractivity contribution in [3.63, 3.8) is 0 Å². The van der Waals surface area contributed by atoms with Crippen LogP contribution in [0.1, 0.15) is 34.2 Å². The van der Waals surface area contributed by atoms with E-state index in [4.69, 9.17) is 5.26 Å². The van der Waals surface area contributed by atoms with Gasteiger partial charge in [0.1, 0.15) is 11.6 Å². The maximum atomic E-state index is 12.7. The van der Waals surface area contributed by atoms with Crippen LogP contribution < -0.4 is 11.2 Å². The van der Waals surface area contributed by atoms with E-state index in [0.29, 0.717) is 18.7 Å². The quantitative estimate of drug-likeness (QED) is 0.587. The van der Waals surface area contributed by atoms with Crippen LogP contribution in [-0.2, 0) is 19.6 Å². The molecule has 7 nitrogen and oxygen atoms in total. The van der Waals surface area contributed by atoms with Crippen LogP contribution >= 0.6 is 0 Å². The average Bonchev–Trinajstić information content (AvgIpc) is 2.87. The summed E-state index contributed by atoms with van der Waals surface area (Å²) in [6.07, 6.45) is 2.96. The van der Waals surface area contributed by atoms with Gasteiger partial charge in [-0.05, 0) is 26.8 Å². The smallest absolute Gasteiger partial charge is 0.331 e. The van der Waals surface area contributed by atoms with E-state index in [1.165, 1.54) is 10.8 Å².